The number of hydrogen-bond donors (Lipinski definition) is 1. The van der Waals surface area contributed by atoms with Crippen molar-refractivity contribution in [2.24, 2.45) is 5.92 Å². The molecule has 0 bridgehead atoms. The van der Waals surface area contributed by atoms with Crippen molar-refractivity contribution >= 4 is 11.9 Å². The van der Waals surface area contributed by atoms with E-state index in [9.17, 15) is 14.0 Å². The summed E-state index contributed by atoms with van der Waals surface area (Å²) in [6.07, 6.45) is 3.68. The summed E-state index contributed by atoms with van der Waals surface area (Å²) < 4.78 is 18.8. The first-order valence-corrected chi connectivity index (χ1v) is 9.02. The summed E-state index contributed by atoms with van der Waals surface area (Å²) in [5.74, 6) is -0.233. The molecule has 1 aliphatic heterocycles. The summed E-state index contributed by atoms with van der Waals surface area (Å²) in [5.41, 5.74) is 0.00108. The second-order valence-corrected chi connectivity index (χ2v) is 7.41. The quantitative estimate of drug-likeness (QED) is 0.817. The van der Waals surface area contributed by atoms with Crippen LogP contribution >= 0.6 is 0 Å². The first kappa shape index (κ1) is 18.6. The van der Waals surface area contributed by atoms with Crippen LogP contribution in [0.3, 0.4) is 0 Å². The van der Waals surface area contributed by atoms with E-state index in [1.807, 2.05) is 11.8 Å². The molecule has 1 aromatic rings. The summed E-state index contributed by atoms with van der Waals surface area (Å²) in [6.45, 7) is 2.62. The van der Waals surface area contributed by atoms with E-state index in [1.165, 1.54) is 18.1 Å². The fourth-order valence-electron chi connectivity index (χ4n) is 4.04. The lowest BCUT2D eigenvalue weighted by Crippen LogP contribution is -2.54. The monoisotopic (exact) mass is 363 g/mol. The molecular weight excluding hydrogens is 337 g/mol. The van der Waals surface area contributed by atoms with Crippen LogP contribution < -0.4 is 10.1 Å². The largest absolute Gasteiger partial charge is 0.494 e. The van der Waals surface area contributed by atoms with Crippen molar-refractivity contribution in [1.82, 2.24) is 15.1 Å². The van der Waals surface area contributed by atoms with E-state index in [0.29, 0.717) is 13.0 Å². The molecule has 1 aromatic carbocycles. The Bertz CT molecular complexity index is 711. The first-order valence-electron chi connectivity index (χ1n) is 9.02. The number of hydrogen-bond acceptors (Lipinski definition) is 4. The zero-order chi connectivity index (χ0) is 18.9. The minimum absolute atomic E-state index is 0.137. The molecule has 1 saturated carbocycles. The Morgan fingerprint density at radius 2 is 2.15 bits per heavy atom. The van der Waals surface area contributed by atoms with Crippen LogP contribution in [-0.2, 0) is 11.3 Å². The Labute approximate surface area is 153 Å². The molecule has 1 aliphatic carbocycles. The number of nitrogens with one attached hydrogen (secondary N) is 1. The number of carbonyl (C=O) groups is 2. The van der Waals surface area contributed by atoms with Crippen LogP contribution in [0.2, 0.25) is 0 Å². The highest BCUT2D eigenvalue weighted by Crippen LogP contribution is 2.38. The molecule has 3 amide bonds. The van der Waals surface area contributed by atoms with E-state index >= 15 is 0 Å². The maximum absolute atomic E-state index is 13.8. The summed E-state index contributed by atoms with van der Waals surface area (Å²) in [4.78, 5) is 28.5. The molecule has 142 valence electrons. The standard InChI is InChI=1S/C19H26FN3O3/c1-13-6-4-5-9-19(13)17(24)23(18(25)21-19)12-22(2)11-14-7-8-16(26-3)15(20)10-14/h7-8,10,13H,4-6,9,11-12H2,1-3H3,(H,21,25). The molecule has 7 heteroatoms. The van der Waals surface area contributed by atoms with Gasteiger partial charge in [0.25, 0.3) is 5.91 Å². The van der Waals surface area contributed by atoms with Crippen molar-refractivity contribution in [3.8, 4) is 5.75 Å². The number of carbonyl (C=O) groups excluding carboxylic acids is 2. The molecule has 3 rings (SSSR count). The number of urea groups is 1. The number of methoxy groups -OCH3 is 1. The summed E-state index contributed by atoms with van der Waals surface area (Å²) >= 11 is 0. The summed E-state index contributed by atoms with van der Waals surface area (Å²) in [6, 6.07) is 4.42. The predicted molar refractivity (Wildman–Crippen MR) is 95.0 cm³/mol. The maximum Gasteiger partial charge on any atom is 0.326 e. The number of amides is 3. The van der Waals surface area contributed by atoms with Gasteiger partial charge in [-0.3, -0.25) is 9.69 Å². The van der Waals surface area contributed by atoms with E-state index in [0.717, 1.165) is 24.8 Å². The van der Waals surface area contributed by atoms with Gasteiger partial charge in [-0.25, -0.2) is 14.1 Å². The molecule has 0 aromatic heterocycles. The average Bonchev–Trinajstić information content (AvgIpc) is 2.83. The normalized spacial score (nSPS) is 25.9. The zero-order valence-corrected chi connectivity index (χ0v) is 15.5. The lowest BCUT2D eigenvalue weighted by Gasteiger charge is -2.37. The molecule has 1 saturated heterocycles. The van der Waals surface area contributed by atoms with Crippen LogP contribution in [0.5, 0.6) is 5.75 Å². The summed E-state index contributed by atoms with van der Waals surface area (Å²) in [7, 11) is 3.22. The Morgan fingerprint density at radius 1 is 1.38 bits per heavy atom. The minimum Gasteiger partial charge on any atom is -0.494 e. The topological polar surface area (TPSA) is 61.9 Å². The predicted octanol–water partition coefficient (Wildman–Crippen LogP) is 2.72. The molecule has 0 radical (unpaired) electrons. The molecule has 26 heavy (non-hydrogen) atoms. The van der Waals surface area contributed by atoms with Gasteiger partial charge >= 0.3 is 6.03 Å². The lowest BCUT2D eigenvalue weighted by molar-refractivity contribution is -0.135. The molecule has 2 fully saturated rings. The smallest absolute Gasteiger partial charge is 0.326 e. The number of ether oxygens (including phenoxy) is 1. The molecule has 6 nitrogen and oxygen atoms in total. The highest BCUT2D eigenvalue weighted by Gasteiger charge is 2.54. The number of nitrogens with zero attached hydrogens (tertiary/aromatic N) is 2. The van der Waals surface area contributed by atoms with Gasteiger partial charge in [0.1, 0.15) is 5.54 Å². The van der Waals surface area contributed by atoms with Crippen LogP contribution in [0.4, 0.5) is 9.18 Å². The van der Waals surface area contributed by atoms with Gasteiger partial charge in [-0.1, -0.05) is 25.8 Å². The van der Waals surface area contributed by atoms with Crippen LogP contribution in [0.25, 0.3) is 0 Å². The van der Waals surface area contributed by atoms with Gasteiger partial charge in [-0.15, -0.1) is 0 Å². The highest BCUT2D eigenvalue weighted by molar-refractivity contribution is 6.07. The van der Waals surface area contributed by atoms with Crippen molar-refractivity contribution < 1.29 is 18.7 Å². The van der Waals surface area contributed by atoms with E-state index in [2.05, 4.69) is 5.32 Å². The van der Waals surface area contributed by atoms with Crippen LogP contribution in [0, 0.1) is 11.7 Å². The Balaban J connectivity index is 1.67. The zero-order valence-electron chi connectivity index (χ0n) is 15.5. The number of halogens is 1. The molecule has 1 heterocycles. The maximum atomic E-state index is 13.8. The Morgan fingerprint density at radius 3 is 2.81 bits per heavy atom. The fourth-order valence-corrected chi connectivity index (χ4v) is 4.04. The van der Waals surface area contributed by atoms with Gasteiger partial charge in [0.05, 0.1) is 13.8 Å². The van der Waals surface area contributed by atoms with Crippen LogP contribution in [-0.4, -0.2) is 48.1 Å². The number of imide groups is 1. The van der Waals surface area contributed by atoms with E-state index < -0.39 is 11.4 Å². The first-order chi connectivity index (χ1) is 12.4. The van der Waals surface area contributed by atoms with Crippen molar-refractivity contribution in [3.05, 3.63) is 29.6 Å². The van der Waals surface area contributed by atoms with E-state index in [4.69, 9.17) is 4.74 Å². The fraction of sp³-hybridized carbons (Fsp3) is 0.579. The molecule has 2 aliphatic rings. The number of benzene rings is 1. The third-order valence-electron chi connectivity index (χ3n) is 5.55. The van der Waals surface area contributed by atoms with Crippen LogP contribution in [0.1, 0.15) is 38.2 Å². The van der Waals surface area contributed by atoms with Crippen molar-refractivity contribution in [2.75, 3.05) is 20.8 Å². The highest BCUT2D eigenvalue weighted by atomic mass is 19.1. The molecule has 2 atom stereocenters. The van der Waals surface area contributed by atoms with Gasteiger partial charge < -0.3 is 10.1 Å². The molecular formula is C19H26FN3O3. The third-order valence-corrected chi connectivity index (χ3v) is 5.55. The van der Waals surface area contributed by atoms with Gasteiger partial charge in [0.2, 0.25) is 0 Å². The van der Waals surface area contributed by atoms with Crippen molar-refractivity contribution in [2.45, 2.75) is 44.7 Å². The van der Waals surface area contributed by atoms with Gasteiger partial charge in [-0.2, -0.15) is 0 Å². The van der Waals surface area contributed by atoms with Crippen molar-refractivity contribution in [3.63, 3.8) is 0 Å². The van der Waals surface area contributed by atoms with Gasteiger partial charge in [0, 0.05) is 6.54 Å². The second kappa shape index (κ2) is 7.23. The Kier molecular flexibility index (Phi) is 5.18. The molecule has 1 N–H and O–H groups in total. The Hall–Kier alpha value is -2.15. The van der Waals surface area contributed by atoms with E-state index in [1.54, 1.807) is 19.2 Å². The molecule has 1 spiro atoms. The number of rotatable bonds is 5. The summed E-state index contributed by atoms with van der Waals surface area (Å²) in [5, 5.41) is 2.95. The SMILES string of the molecule is COc1ccc(CN(C)CN2C(=O)NC3(CCCCC3C)C2=O)cc1F. The van der Waals surface area contributed by atoms with E-state index in [-0.39, 0.29) is 30.3 Å². The van der Waals surface area contributed by atoms with Crippen LogP contribution in [0.15, 0.2) is 18.2 Å². The van der Waals surface area contributed by atoms with Crippen molar-refractivity contribution in [1.29, 1.82) is 0 Å². The van der Waals surface area contributed by atoms with Gasteiger partial charge in [0.15, 0.2) is 11.6 Å². The minimum atomic E-state index is -0.748. The lowest BCUT2D eigenvalue weighted by atomic mass is 9.73. The second-order valence-electron chi connectivity index (χ2n) is 7.41. The third kappa shape index (κ3) is 3.28. The van der Waals surface area contributed by atoms with Gasteiger partial charge in [-0.05, 0) is 43.5 Å². The average molecular weight is 363 g/mol. The molecule has 2 unspecified atom stereocenters.